The Labute approximate surface area is 68.6 Å². The van der Waals surface area contributed by atoms with Crippen molar-refractivity contribution in [2.45, 2.75) is 27.2 Å². The molecule has 1 aliphatic rings. The molecule has 0 bridgehead atoms. The highest BCUT2D eigenvalue weighted by molar-refractivity contribution is 5.62. The summed E-state index contributed by atoms with van der Waals surface area (Å²) < 4.78 is 0. The Kier molecular flexibility index (Phi) is 2.32. The Morgan fingerprint density at radius 2 is 2.18 bits per heavy atom. The molecule has 0 aliphatic carbocycles. The first kappa shape index (κ1) is 8.31. The zero-order chi connectivity index (χ0) is 8.43. The molecule has 0 fully saturated rings. The van der Waals surface area contributed by atoms with Crippen molar-refractivity contribution in [2.24, 2.45) is 11.0 Å². The molecule has 11 heavy (non-hydrogen) atoms. The molecule has 1 aliphatic heterocycles. The molecular formula is C9H16N2. The normalized spacial score (nSPS) is 18.5. The van der Waals surface area contributed by atoms with Crippen molar-refractivity contribution in [3.8, 4) is 0 Å². The van der Waals surface area contributed by atoms with Crippen LogP contribution in [-0.2, 0) is 0 Å². The summed E-state index contributed by atoms with van der Waals surface area (Å²) in [5.74, 6) is 0.581. The minimum Gasteiger partial charge on any atom is -0.273 e. The number of hydrogen-bond acceptors (Lipinski definition) is 2. The van der Waals surface area contributed by atoms with Gasteiger partial charge in [0.2, 0.25) is 0 Å². The molecule has 0 aromatic rings. The van der Waals surface area contributed by atoms with Crippen LogP contribution in [-0.4, -0.2) is 18.3 Å². The van der Waals surface area contributed by atoms with Crippen molar-refractivity contribution in [1.29, 1.82) is 0 Å². The summed E-state index contributed by atoms with van der Waals surface area (Å²) in [4.78, 5) is 0. The fraction of sp³-hybridized carbons (Fsp3) is 0.667. The summed E-state index contributed by atoms with van der Waals surface area (Å²) in [5.41, 5.74) is 2.81. The number of hydrogen-bond donors (Lipinski definition) is 0. The first-order valence-corrected chi connectivity index (χ1v) is 4.08. The standard InChI is InChI=1S/C9H16N2/c1-7(2)9-8(3)5-6-10-11(9)4/h6-7H,5H2,1-4H3. The zero-order valence-electron chi connectivity index (χ0n) is 7.76. The molecule has 0 radical (unpaired) electrons. The number of rotatable bonds is 1. The predicted octanol–water partition coefficient (Wildman–Crippen LogP) is 2.24. The lowest BCUT2D eigenvalue weighted by molar-refractivity contribution is 0.383. The van der Waals surface area contributed by atoms with Crippen LogP contribution >= 0.6 is 0 Å². The molecule has 0 aromatic carbocycles. The number of allylic oxidation sites excluding steroid dienone is 2. The molecule has 0 saturated carbocycles. The highest BCUT2D eigenvalue weighted by Crippen LogP contribution is 2.22. The van der Waals surface area contributed by atoms with Crippen molar-refractivity contribution in [3.05, 3.63) is 11.3 Å². The van der Waals surface area contributed by atoms with Gasteiger partial charge in [0.1, 0.15) is 0 Å². The monoisotopic (exact) mass is 152 g/mol. The van der Waals surface area contributed by atoms with Crippen molar-refractivity contribution in [1.82, 2.24) is 5.01 Å². The molecular weight excluding hydrogens is 136 g/mol. The fourth-order valence-corrected chi connectivity index (χ4v) is 1.61. The Morgan fingerprint density at radius 3 is 2.55 bits per heavy atom. The highest BCUT2D eigenvalue weighted by atomic mass is 15.4. The van der Waals surface area contributed by atoms with E-state index in [0.717, 1.165) is 6.42 Å². The Morgan fingerprint density at radius 1 is 1.55 bits per heavy atom. The molecule has 62 valence electrons. The van der Waals surface area contributed by atoms with Gasteiger partial charge in [0, 0.05) is 25.4 Å². The van der Waals surface area contributed by atoms with Gasteiger partial charge in [-0.1, -0.05) is 13.8 Å². The van der Waals surface area contributed by atoms with E-state index >= 15 is 0 Å². The van der Waals surface area contributed by atoms with Crippen LogP contribution in [0.2, 0.25) is 0 Å². The van der Waals surface area contributed by atoms with Crippen LogP contribution in [0.3, 0.4) is 0 Å². The van der Waals surface area contributed by atoms with E-state index in [1.165, 1.54) is 11.3 Å². The zero-order valence-corrected chi connectivity index (χ0v) is 7.76. The van der Waals surface area contributed by atoms with E-state index in [0.29, 0.717) is 5.92 Å². The fourth-order valence-electron chi connectivity index (χ4n) is 1.61. The average Bonchev–Trinajstić information content (AvgIpc) is 1.85. The lowest BCUT2D eigenvalue weighted by Gasteiger charge is -2.26. The topological polar surface area (TPSA) is 15.6 Å². The maximum Gasteiger partial charge on any atom is 0.0382 e. The van der Waals surface area contributed by atoms with E-state index in [2.05, 4.69) is 25.9 Å². The van der Waals surface area contributed by atoms with Gasteiger partial charge >= 0.3 is 0 Å². The summed E-state index contributed by atoms with van der Waals surface area (Å²) in [6.45, 7) is 6.59. The molecule has 2 nitrogen and oxygen atoms in total. The summed E-state index contributed by atoms with van der Waals surface area (Å²) in [6, 6.07) is 0. The predicted molar refractivity (Wildman–Crippen MR) is 48.4 cm³/mol. The van der Waals surface area contributed by atoms with E-state index < -0.39 is 0 Å². The van der Waals surface area contributed by atoms with Crippen molar-refractivity contribution in [2.75, 3.05) is 7.05 Å². The van der Waals surface area contributed by atoms with Gasteiger partial charge in [-0.05, 0) is 18.4 Å². The first-order valence-electron chi connectivity index (χ1n) is 4.08. The van der Waals surface area contributed by atoms with E-state index in [1.54, 1.807) is 0 Å². The molecule has 0 N–H and O–H groups in total. The van der Waals surface area contributed by atoms with E-state index in [1.807, 2.05) is 18.3 Å². The maximum atomic E-state index is 4.23. The molecule has 0 spiro atoms. The molecule has 0 unspecified atom stereocenters. The van der Waals surface area contributed by atoms with Crippen molar-refractivity contribution >= 4 is 6.21 Å². The van der Waals surface area contributed by atoms with Crippen LogP contribution in [0.15, 0.2) is 16.4 Å². The molecule has 1 rings (SSSR count). The third-order valence-corrected chi connectivity index (χ3v) is 1.99. The lowest BCUT2D eigenvalue weighted by atomic mass is 10.0. The molecule has 0 aromatic heterocycles. The van der Waals surface area contributed by atoms with Crippen molar-refractivity contribution in [3.63, 3.8) is 0 Å². The van der Waals surface area contributed by atoms with Gasteiger partial charge in [-0.25, -0.2) is 0 Å². The second-order valence-electron chi connectivity index (χ2n) is 3.35. The Hall–Kier alpha value is -0.790. The third-order valence-electron chi connectivity index (χ3n) is 1.99. The SMILES string of the molecule is CC1=C(C(C)C)N(C)N=CC1. The summed E-state index contributed by atoms with van der Waals surface area (Å²) in [6.07, 6.45) is 2.97. The second kappa shape index (κ2) is 3.07. The van der Waals surface area contributed by atoms with Crippen LogP contribution in [0, 0.1) is 5.92 Å². The first-order chi connectivity index (χ1) is 5.13. The van der Waals surface area contributed by atoms with Crippen LogP contribution in [0.1, 0.15) is 27.2 Å². The highest BCUT2D eigenvalue weighted by Gasteiger charge is 2.13. The maximum absolute atomic E-state index is 4.23. The second-order valence-corrected chi connectivity index (χ2v) is 3.35. The Balaban J connectivity index is 2.86. The molecule has 0 saturated heterocycles. The third kappa shape index (κ3) is 1.62. The van der Waals surface area contributed by atoms with Gasteiger partial charge in [-0.3, -0.25) is 5.01 Å². The number of nitrogens with zero attached hydrogens (tertiary/aromatic N) is 2. The van der Waals surface area contributed by atoms with Crippen LogP contribution in [0.4, 0.5) is 0 Å². The number of hydrazone groups is 1. The molecule has 0 amide bonds. The summed E-state index contributed by atoms with van der Waals surface area (Å²) in [5, 5.41) is 6.21. The van der Waals surface area contributed by atoms with Crippen LogP contribution < -0.4 is 0 Å². The average molecular weight is 152 g/mol. The van der Waals surface area contributed by atoms with Gasteiger partial charge in [0.05, 0.1) is 0 Å². The molecule has 0 atom stereocenters. The minimum absolute atomic E-state index is 0.581. The van der Waals surface area contributed by atoms with Gasteiger partial charge in [-0.2, -0.15) is 5.10 Å². The van der Waals surface area contributed by atoms with E-state index in [9.17, 15) is 0 Å². The van der Waals surface area contributed by atoms with Crippen LogP contribution in [0.5, 0.6) is 0 Å². The van der Waals surface area contributed by atoms with Crippen molar-refractivity contribution < 1.29 is 0 Å². The minimum atomic E-state index is 0.581. The van der Waals surface area contributed by atoms with E-state index in [4.69, 9.17) is 0 Å². The van der Waals surface area contributed by atoms with Crippen LogP contribution in [0.25, 0.3) is 0 Å². The smallest absolute Gasteiger partial charge is 0.0382 e. The quantitative estimate of drug-likeness (QED) is 0.562. The lowest BCUT2D eigenvalue weighted by Crippen LogP contribution is -2.20. The summed E-state index contributed by atoms with van der Waals surface area (Å²) in [7, 11) is 2.01. The Bertz CT molecular complexity index is 202. The molecule has 2 heteroatoms. The molecule has 1 heterocycles. The largest absolute Gasteiger partial charge is 0.273 e. The summed E-state index contributed by atoms with van der Waals surface area (Å²) >= 11 is 0. The van der Waals surface area contributed by atoms with Gasteiger partial charge in [-0.15, -0.1) is 0 Å². The van der Waals surface area contributed by atoms with Gasteiger partial charge < -0.3 is 0 Å². The van der Waals surface area contributed by atoms with Gasteiger partial charge in [0.15, 0.2) is 0 Å². The van der Waals surface area contributed by atoms with Gasteiger partial charge in [0.25, 0.3) is 0 Å². The van der Waals surface area contributed by atoms with E-state index in [-0.39, 0.29) is 0 Å².